The highest BCUT2D eigenvalue weighted by Gasteiger charge is 2.24. The van der Waals surface area contributed by atoms with Crippen LogP contribution in [-0.4, -0.2) is 84.8 Å². The fourth-order valence-electron chi connectivity index (χ4n) is 2.19. The molecule has 8 heteroatoms. The first kappa shape index (κ1) is 18.8. The normalized spacial score (nSPS) is 18.2. The van der Waals surface area contributed by atoms with Crippen LogP contribution < -0.4 is 5.32 Å². The fraction of sp³-hybridized carbons (Fsp3) is 1.00. The van der Waals surface area contributed by atoms with Crippen LogP contribution in [-0.2, 0) is 24.2 Å². The summed E-state index contributed by atoms with van der Waals surface area (Å²) >= 11 is 0. The fourth-order valence-corrected chi connectivity index (χ4v) is 3.07. The molecule has 0 bridgehead atoms. The first-order chi connectivity index (χ1) is 10.0. The van der Waals surface area contributed by atoms with Crippen LogP contribution >= 0.6 is 0 Å². The van der Waals surface area contributed by atoms with Gasteiger partial charge >= 0.3 is 0 Å². The molecule has 21 heavy (non-hydrogen) atoms. The van der Waals surface area contributed by atoms with Gasteiger partial charge in [-0.3, -0.25) is 0 Å². The number of hydrogen-bond donors (Lipinski definition) is 1. The van der Waals surface area contributed by atoms with Crippen molar-refractivity contribution in [1.82, 2.24) is 9.62 Å². The molecule has 0 aromatic heterocycles. The molecule has 0 aromatic rings. The lowest BCUT2D eigenvalue weighted by Crippen LogP contribution is -2.45. The predicted molar refractivity (Wildman–Crippen MR) is 81.0 cm³/mol. The Bertz CT molecular complexity index is 356. The Morgan fingerprint density at radius 2 is 1.62 bits per heavy atom. The highest BCUT2D eigenvalue weighted by molar-refractivity contribution is 7.88. The van der Waals surface area contributed by atoms with Crippen molar-refractivity contribution < 1.29 is 22.6 Å². The molecule has 7 nitrogen and oxygen atoms in total. The van der Waals surface area contributed by atoms with E-state index in [4.69, 9.17) is 14.2 Å². The first-order valence-corrected chi connectivity index (χ1v) is 9.22. The van der Waals surface area contributed by atoms with Crippen molar-refractivity contribution in [2.24, 2.45) is 0 Å². The van der Waals surface area contributed by atoms with Gasteiger partial charge in [0, 0.05) is 32.8 Å². The number of sulfonamides is 1. The van der Waals surface area contributed by atoms with Crippen LogP contribution in [0.25, 0.3) is 0 Å². The minimum Gasteiger partial charge on any atom is -0.382 e. The van der Waals surface area contributed by atoms with E-state index in [0.717, 1.165) is 19.4 Å². The zero-order valence-electron chi connectivity index (χ0n) is 13.0. The summed E-state index contributed by atoms with van der Waals surface area (Å²) < 4.78 is 39.9. The van der Waals surface area contributed by atoms with Gasteiger partial charge in [0.2, 0.25) is 10.0 Å². The van der Waals surface area contributed by atoms with Crippen LogP contribution in [0.3, 0.4) is 0 Å². The van der Waals surface area contributed by atoms with Gasteiger partial charge in [0.05, 0.1) is 39.3 Å². The van der Waals surface area contributed by atoms with Gasteiger partial charge in [0.15, 0.2) is 0 Å². The van der Waals surface area contributed by atoms with Gasteiger partial charge in [-0.15, -0.1) is 0 Å². The molecule has 0 aliphatic carbocycles. The Kier molecular flexibility index (Phi) is 9.37. The summed E-state index contributed by atoms with van der Waals surface area (Å²) in [6.45, 7) is 4.98. The molecule has 1 rings (SSSR count). The van der Waals surface area contributed by atoms with E-state index in [1.165, 1.54) is 6.26 Å². The zero-order chi connectivity index (χ0) is 15.6. The lowest BCUT2D eigenvalue weighted by molar-refractivity contribution is 0.0250. The summed E-state index contributed by atoms with van der Waals surface area (Å²) in [4.78, 5) is 0. The van der Waals surface area contributed by atoms with E-state index in [1.807, 2.05) is 0 Å². The monoisotopic (exact) mass is 324 g/mol. The third-order valence-corrected chi connectivity index (χ3v) is 4.71. The Morgan fingerprint density at radius 1 is 1.05 bits per heavy atom. The van der Waals surface area contributed by atoms with Crippen LogP contribution in [0.1, 0.15) is 12.8 Å². The van der Waals surface area contributed by atoms with Crippen LogP contribution in [0.5, 0.6) is 0 Å². The summed E-state index contributed by atoms with van der Waals surface area (Å²) in [7, 11) is -1.39. The van der Waals surface area contributed by atoms with Gasteiger partial charge in [-0.1, -0.05) is 0 Å². The van der Waals surface area contributed by atoms with Crippen molar-refractivity contribution in [3.8, 4) is 0 Å². The van der Waals surface area contributed by atoms with E-state index in [1.54, 1.807) is 11.4 Å². The molecule has 0 amide bonds. The highest BCUT2D eigenvalue weighted by Crippen LogP contribution is 2.12. The van der Waals surface area contributed by atoms with Crippen LogP contribution in [0.2, 0.25) is 0 Å². The topological polar surface area (TPSA) is 77.1 Å². The van der Waals surface area contributed by atoms with Crippen molar-refractivity contribution in [3.63, 3.8) is 0 Å². The molecule has 1 heterocycles. The molecule has 126 valence electrons. The second-order valence-electron chi connectivity index (χ2n) is 5.11. The maximum atomic E-state index is 11.4. The quantitative estimate of drug-likeness (QED) is 0.525. The summed E-state index contributed by atoms with van der Waals surface area (Å²) in [6, 6.07) is 0.379. The van der Waals surface area contributed by atoms with E-state index < -0.39 is 10.0 Å². The number of hydrogen-bond acceptors (Lipinski definition) is 6. The highest BCUT2D eigenvalue weighted by atomic mass is 32.2. The second kappa shape index (κ2) is 10.5. The molecule has 0 unspecified atom stereocenters. The Morgan fingerprint density at radius 3 is 2.19 bits per heavy atom. The minimum absolute atomic E-state index is 0.379. The molecular weight excluding hydrogens is 296 g/mol. The minimum atomic E-state index is -3.03. The average Bonchev–Trinajstić information content (AvgIpc) is 2.45. The SMILES string of the molecule is COCCOCCOCCNC1CCN(S(C)(=O)=O)CC1. The average molecular weight is 324 g/mol. The predicted octanol–water partition coefficient (Wildman–Crippen LogP) is -0.320. The Balaban J connectivity index is 1.93. The van der Waals surface area contributed by atoms with Gasteiger partial charge in [-0.05, 0) is 12.8 Å². The molecule has 0 aromatic carbocycles. The molecule has 1 N–H and O–H groups in total. The van der Waals surface area contributed by atoms with E-state index in [9.17, 15) is 8.42 Å². The maximum absolute atomic E-state index is 11.4. The van der Waals surface area contributed by atoms with Crippen molar-refractivity contribution in [2.45, 2.75) is 18.9 Å². The van der Waals surface area contributed by atoms with Gasteiger partial charge in [0.25, 0.3) is 0 Å². The number of nitrogens with zero attached hydrogens (tertiary/aromatic N) is 1. The molecular formula is C13H28N2O5S. The molecule has 1 fully saturated rings. The van der Waals surface area contributed by atoms with Crippen molar-refractivity contribution in [3.05, 3.63) is 0 Å². The van der Waals surface area contributed by atoms with E-state index in [2.05, 4.69) is 5.32 Å². The molecule has 0 spiro atoms. The molecule has 1 aliphatic heterocycles. The van der Waals surface area contributed by atoms with Crippen LogP contribution in [0.15, 0.2) is 0 Å². The van der Waals surface area contributed by atoms with Crippen molar-refractivity contribution in [2.75, 3.05) is 66.0 Å². The molecule has 0 radical (unpaired) electrons. The lowest BCUT2D eigenvalue weighted by atomic mass is 10.1. The summed E-state index contributed by atoms with van der Waals surface area (Å²) in [5.41, 5.74) is 0. The summed E-state index contributed by atoms with van der Waals surface area (Å²) in [5, 5.41) is 3.40. The molecule has 1 saturated heterocycles. The molecule has 1 aliphatic rings. The maximum Gasteiger partial charge on any atom is 0.211 e. The van der Waals surface area contributed by atoms with Crippen LogP contribution in [0.4, 0.5) is 0 Å². The van der Waals surface area contributed by atoms with E-state index in [-0.39, 0.29) is 0 Å². The van der Waals surface area contributed by atoms with Gasteiger partial charge in [-0.25, -0.2) is 12.7 Å². The van der Waals surface area contributed by atoms with Crippen molar-refractivity contribution in [1.29, 1.82) is 0 Å². The number of methoxy groups -OCH3 is 1. The third kappa shape index (κ3) is 8.70. The lowest BCUT2D eigenvalue weighted by Gasteiger charge is -2.30. The van der Waals surface area contributed by atoms with Gasteiger partial charge < -0.3 is 19.5 Å². The van der Waals surface area contributed by atoms with Gasteiger partial charge in [-0.2, -0.15) is 0 Å². The number of rotatable bonds is 11. The molecule has 0 atom stereocenters. The Labute approximate surface area is 128 Å². The van der Waals surface area contributed by atoms with E-state index in [0.29, 0.717) is 52.2 Å². The molecule has 0 saturated carbocycles. The van der Waals surface area contributed by atoms with Crippen molar-refractivity contribution >= 4 is 10.0 Å². The van der Waals surface area contributed by atoms with Crippen LogP contribution in [0, 0.1) is 0 Å². The summed E-state index contributed by atoms with van der Waals surface area (Å²) in [5.74, 6) is 0. The number of nitrogens with one attached hydrogen (secondary N) is 1. The third-order valence-electron chi connectivity index (χ3n) is 3.41. The van der Waals surface area contributed by atoms with E-state index >= 15 is 0 Å². The smallest absolute Gasteiger partial charge is 0.211 e. The number of ether oxygens (including phenoxy) is 3. The first-order valence-electron chi connectivity index (χ1n) is 7.37. The Hall–Kier alpha value is -0.250. The number of piperidine rings is 1. The second-order valence-corrected chi connectivity index (χ2v) is 7.09. The zero-order valence-corrected chi connectivity index (χ0v) is 13.9. The largest absolute Gasteiger partial charge is 0.382 e. The van der Waals surface area contributed by atoms with Gasteiger partial charge in [0.1, 0.15) is 0 Å². The summed E-state index contributed by atoms with van der Waals surface area (Å²) in [6.07, 6.45) is 2.98. The standard InChI is InChI=1S/C13H28N2O5S/c1-18-9-10-20-12-11-19-8-5-14-13-3-6-15(7-4-13)21(2,16)17/h13-14H,3-12H2,1-2H3.